The third kappa shape index (κ3) is 3.43. The minimum atomic E-state index is -0.469. The van der Waals surface area contributed by atoms with Gasteiger partial charge in [-0.15, -0.1) is 23.5 Å². The minimum absolute atomic E-state index is 0.0451. The standard InChI is InChI=1S/C17H15NO3S2/c19-16(13-5-4-8-15(11-13)18(20)21)12-17(22-9-10-23-17)14-6-2-1-3-7-14/h1-8,11H,9-10,12H2. The fourth-order valence-electron chi connectivity index (χ4n) is 2.62. The number of hydrogen-bond acceptors (Lipinski definition) is 5. The molecule has 2 aromatic carbocycles. The van der Waals surface area contributed by atoms with Gasteiger partial charge in [0, 0.05) is 35.6 Å². The van der Waals surface area contributed by atoms with Crippen LogP contribution in [0.5, 0.6) is 0 Å². The molecule has 0 N–H and O–H groups in total. The van der Waals surface area contributed by atoms with Crippen LogP contribution in [0.1, 0.15) is 22.3 Å². The van der Waals surface area contributed by atoms with Gasteiger partial charge in [0.1, 0.15) is 0 Å². The Hall–Kier alpha value is -1.79. The number of nitro groups is 1. The van der Waals surface area contributed by atoms with Gasteiger partial charge >= 0.3 is 0 Å². The second kappa shape index (κ2) is 6.76. The quantitative estimate of drug-likeness (QED) is 0.453. The van der Waals surface area contributed by atoms with E-state index in [0.29, 0.717) is 12.0 Å². The maximum atomic E-state index is 12.7. The zero-order chi connectivity index (χ0) is 16.3. The molecule has 0 unspecified atom stereocenters. The lowest BCUT2D eigenvalue weighted by Crippen LogP contribution is -2.20. The van der Waals surface area contributed by atoms with Crippen molar-refractivity contribution < 1.29 is 9.72 Å². The van der Waals surface area contributed by atoms with Crippen LogP contribution in [0.15, 0.2) is 54.6 Å². The molecule has 0 spiro atoms. The fourth-order valence-corrected chi connectivity index (χ4v) is 5.86. The molecule has 0 saturated carbocycles. The molecule has 0 radical (unpaired) electrons. The lowest BCUT2D eigenvalue weighted by atomic mass is 10.0. The number of hydrogen-bond donors (Lipinski definition) is 0. The summed E-state index contributed by atoms with van der Waals surface area (Å²) in [4.78, 5) is 23.1. The molecule has 23 heavy (non-hydrogen) atoms. The Bertz CT molecular complexity index is 728. The van der Waals surface area contributed by atoms with E-state index in [4.69, 9.17) is 0 Å². The molecule has 1 aliphatic heterocycles. The number of rotatable bonds is 5. The Morgan fingerprint density at radius 1 is 1.09 bits per heavy atom. The number of thioether (sulfide) groups is 2. The zero-order valence-corrected chi connectivity index (χ0v) is 13.9. The van der Waals surface area contributed by atoms with Gasteiger partial charge in [-0.2, -0.15) is 0 Å². The van der Waals surface area contributed by atoms with Crippen LogP contribution < -0.4 is 0 Å². The molecule has 6 heteroatoms. The molecule has 1 heterocycles. The SMILES string of the molecule is O=C(CC1(c2ccccc2)SCCS1)c1cccc([N+](=O)[O-])c1. The lowest BCUT2D eigenvalue weighted by molar-refractivity contribution is -0.384. The number of benzene rings is 2. The predicted molar refractivity (Wildman–Crippen MR) is 95.1 cm³/mol. The van der Waals surface area contributed by atoms with Gasteiger partial charge in [-0.3, -0.25) is 14.9 Å². The van der Waals surface area contributed by atoms with Gasteiger partial charge in [0.2, 0.25) is 0 Å². The monoisotopic (exact) mass is 345 g/mol. The highest BCUT2D eigenvalue weighted by atomic mass is 32.2. The van der Waals surface area contributed by atoms with Crippen LogP contribution in [0.3, 0.4) is 0 Å². The van der Waals surface area contributed by atoms with E-state index in [0.717, 1.165) is 17.1 Å². The van der Waals surface area contributed by atoms with Gasteiger partial charge < -0.3 is 0 Å². The minimum Gasteiger partial charge on any atom is -0.294 e. The van der Waals surface area contributed by atoms with Gasteiger partial charge in [-0.1, -0.05) is 42.5 Å². The molecular formula is C17H15NO3S2. The topological polar surface area (TPSA) is 60.2 Å². The van der Waals surface area contributed by atoms with Crippen LogP contribution in [-0.2, 0) is 4.08 Å². The highest BCUT2D eigenvalue weighted by Crippen LogP contribution is 2.54. The van der Waals surface area contributed by atoms with Crippen LogP contribution in [0.4, 0.5) is 5.69 Å². The first kappa shape index (κ1) is 16.1. The average Bonchev–Trinajstić information content (AvgIpc) is 3.05. The largest absolute Gasteiger partial charge is 0.294 e. The van der Waals surface area contributed by atoms with Crippen molar-refractivity contribution in [1.82, 2.24) is 0 Å². The molecule has 0 aliphatic carbocycles. The zero-order valence-electron chi connectivity index (χ0n) is 12.3. The Kier molecular flexibility index (Phi) is 4.73. The van der Waals surface area contributed by atoms with Crippen molar-refractivity contribution >= 4 is 35.0 Å². The van der Waals surface area contributed by atoms with Crippen molar-refractivity contribution in [3.63, 3.8) is 0 Å². The summed E-state index contributed by atoms with van der Waals surface area (Å²) in [5, 5.41) is 10.9. The van der Waals surface area contributed by atoms with Crippen LogP contribution in [0, 0.1) is 10.1 Å². The predicted octanol–water partition coefficient (Wildman–Crippen LogP) is 4.50. The van der Waals surface area contributed by atoms with Crippen molar-refractivity contribution in [1.29, 1.82) is 0 Å². The molecule has 0 amide bonds. The number of nitrogens with zero attached hydrogens (tertiary/aromatic N) is 1. The molecule has 1 fully saturated rings. The van der Waals surface area contributed by atoms with E-state index in [-0.39, 0.29) is 15.5 Å². The van der Waals surface area contributed by atoms with Crippen molar-refractivity contribution in [2.45, 2.75) is 10.5 Å². The van der Waals surface area contributed by atoms with Gasteiger partial charge in [0.25, 0.3) is 5.69 Å². The summed E-state index contributed by atoms with van der Waals surface area (Å²) in [6.07, 6.45) is 0.341. The lowest BCUT2D eigenvalue weighted by Gasteiger charge is -2.27. The summed E-state index contributed by atoms with van der Waals surface area (Å²) < 4.78 is -0.289. The number of carbonyl (C=O) groups is 1. The molecule has 2 aromatic rings. The molecule has 1 aliphatic rings. The number of nitro benzene ring substituents is 1. The fraction of sp³-hybridized carbons (Fsp3) is 0.235. The van der Waals surface area contributed by atoms with E-state index in [1.165, 1.54) is 12.1 Å². The number of carbonyl (C=O) groups excluding carboxylic acids is 1. The molecule has 0 aromatic heterocycles. The van der Waals surface area contributed by atoms with Crippen LogP contribution in [0.2, 0.25) is 0 Å². The first-order valence-corrected chi connectivity index (χ1v) is 9.19. The van der Waals surface area contributed by atoms with E-state index < -0.39 is 4.92 Å². The molecule has 3 rings (SSSR count). The summed E-state index contributed by atoms with van der Waals surface area (Å²) in [5.74, 6) is 1.95. The van der Waals surface area contributed by atoms with E-state index >= 15 is 0 Å². The van der Waals surface area contributed by atoms with Gasteiger partial charge in [-0.25, -0.2) is 0 Å². The Morgan fingerprint density at radius 3 is 2.43 bits per heavy atom. The Morgan fingerprint density at radius 2 is 1.78 bits per heavy atom. The number of non-ortho nitro benzene ring substituents is 1. The summed E-state index contributed by atoms with van der Waals surface area (Å²) in [7, 11) is 0. The molecule has 4 nitrogen and oxygen atoms in total. The van der Waals surface area contributed by atoms with Gasteiger partial charge in [0.05, 0.1) is 9.00 Å². The molecular weight excluding hydrogens is 330 g/mol. The van der Waals surface area contributed by atoms with Crippen LogP contribution in [0.25, 0.3) is 0 Å². The van der Waals surface area contributed by atoms with Crippen LogP contribution >= 0.6 is 23.5 Å². The third-order valence-electron chi connectivity index (χ3n) is 3.74. The summed E-state index contributed by atoms with van der Waals surface area (Å²) in [6.45, 7) is 0. The van der Waals surface area contributed by atoms with Crippen LogP contribution in [-0.4, -0.2) is 22.2 Å². The van der Waals surface area contributed by atoms with Crippen molar-refractivity contribution in [2.75, 3.05) is 11.5 Å². The maximum absolute atomic E-state index is 12.7. The first-order chi connectivity index (χ1) is 11.1. The maximum Gasteiger partial charge on any atom is 0.270 e. The van der Waals surface area contributed by atoms with Gasteiger partial charge in [0.15, 0.2) is 5.78 Å². The third-order valence-corrected chi connectivity index (χ3v) is 7.21. The van der Waals surface area contributed by atoms with Crippen molar-refractivity contribution in [3.05, 3.63) is 75.8 Å². The highest BCUT2D eigenvalue weighted by Gasteiger charge is 2.39. The normalized spacial score (nSPS) is 16.2. The summed E-state index contributed by atoms with van der Waals surface area (Å²) in [5.41, 5.74) is 1.49. The molecule has 118 valence electrons. The van der Waals surface area contributed by atoms with E-state index in [1.54, 1.807) is 35.7 Å². The first-order valence-electron chi connectivity index (χ1n) is 7.22. The second-order valence-electron chi connectivity index (χ2n) is 5.22. The molecule has 0 bridgehead atoms. The van der Waals surface area contributed by atoms with Crippen molar-refractivity contribution in [3.8, 4) is 0 Å². The number of Topliss-reactive ketones (excluding diaryl/α,β-unsaturated/α-hetero) is 1. The Labute approximate surface area is 142 Å². The Balaban J connectivity index is 1.88. The van der Waals surface area contributed by atoms with E-state index in [1.807, 2.05) is 30.3 Å². The van der Waals surface area contributed by atoms with Crippen molar-refractivity contribution in [2.24, 2.45) is 0 Å². The number of ketones is 1. The average molecular weight is 345 g/mol. The summed E-state index contributed by atoms with van der Waals surface area (Å²) in [6, 6.07) is 16.0. The van der Waals surface area contributed by atoms with Gasteiger partial charge in [-0.05, 0) is 5.56 Å². The van der Waals surface area contributed by atoms with E-state index in [2.05, 4.69) is 0 Å². The van der Waals surface area contributed by atoms with E-state index in [9.17, 15) is 14.9 Å². The smallest absolute Gasteiger partial charge is 0.270 e. The molecule has 0 atom stereocenters. The highest BCUT2D eigenvalue weighted by molar-refractivity contribution is 8.20. The molecule has 1 saturated heterocycles. The summed E-state index contributed by atoms with van der Waals surface area (Å²) >= 11 is 3.57. The second-order valence-corrected chi connectivity index (χ2v) is 8.27.